The van der Waals surface area contributed by atoms with Gasteiger partial charge in [-0.05, 0) is 29.4 Å². The summed E-state index contributed by atoms with van der Waals surface area (Å²) in [6, 6.07) is 5.35. The number of rotatable bonds is 7. The standard InChI is InChI=1S/C14H20O3S/c1-4-10(2)8-18-9-11-5-6-13(17-3)12(7-11)14(15)16/h5-7,10H,4,8-9H2,1-3H3,(H,15,16). The van der Waals surface area contributed by atoms with Gasteiger partial charge in [-0.1, -0.05) is 26.3 Å². The number of hydrogen-bond acceptors (Lipinski definition) is 3. The van der Waals surface area contributed by atoms with Crippen LogP contribution in [0.1, 0.15) is 36.2 Å². The lowest BCUT2D eigenvalue weighted by atomic mass is 10.1. The molecule has 4 heteroatoms. The average Bonchev–Trinajstić information content (AvgIpc) is 2.38. The Bertz CT molecular complexity index is 404. The summed E-state index contributed by atoms with van der Waals surface area (Å²) in [6.45, 7) is 4.41. The van der Waals surface area contributed by atoms with Crippen molar-refractivity contribution in [1.29, 1.82) is 0 Å². The Balaban J connectivity index is 2.67. The molecule has 1 aromatic rings. The molecule has 0 heterocycles. The van der Waals surface area contributed by atoms with Crippen LogP contribution in [0.15, 0.2) is 18.2 Å². The highest BCUT2D eigenvalue weighted by atomic mass is 32.2. The molecule has 100 valence electrons. The largest absolute Gasteiger partial charge is 0.496 e. The van der Waals surface area contributed by atoms with Crippen LogP contribution in [0.3, 0.4) is 0 Å². The molecule has 0 aliphatic heterocycles. The number of carboxylic acids is 1. The molecule has 1 unspecified atom stereocenters. The predicted molar refractivity (Wildman–Crippen MR) is 75.6 cm³/mol. The molecule has 1 aromatic carbocycles. The maximum absolute atomic E-state index is 11.1. The molecule has 1 atom stereocenters. The first-order valence-corrected chi connectivity index (χ1v) is 7.21. The molecular weight excluding hydrogens is 248 g/mol. The van der Waals surface area contributed by atoms with Gasteiger partial charge < -0.3 is 9.84 Å². The minimum absolute atomic E-state index is 0.235. The van der Waals surface area contributed by atoms with E-state index in [1.165, 1.54) is 13.5 Å². The van der Waals surface area contributed by atoms with E-state index in [-0.39, 0.29) is 5.56 Å². The van der Waals surface area contributed by atoms with Crippen molar-refractivity contribution < 1.29 is 14.6 Å². The molecular formula is C14H20O3S. The Morgan fingerprint density at radius 2 is 2.22 bits per heavy atom. The number of ether oxygens (including phenoxy) is 1. The second kappa shape index (κ2) is 7.31. The molecule has 0 amide bonds. The maximum Gasteiger partial charge on any atom is 0.339 e. The van der Waals surface area contributed by atoms with Gasteiger partial charge in [0.2, 0.25) is 0 Å². The van der Waals surface area contributed by atoms with Crippen LogP contribution >= 0.6 is 11.8 Å². The van der Waals surface area contributed by atoms with Gasteiger partial charge in [0.15, 0.2) is 0 Å². The molecule has 0 aromatic heterocycles. The zero-order chi connectivity index (χ0) is 13.5. The second-order valence-electron chi connectivity index (χ2n) is 4.37. The number of benzene rings is 1. The summed E-state index contributed by atoms with van der Waals surface area (Å²) >= 11 is 1.84. The summed E-state index contributed by atoms with van der Waals surface area (Å²) in [4.78, 5) is 11.1. The molecule has 0 aliphatic rings. The van der Waals surface area contributed by atoms with Crippen LogP contribution in [0.2, 0.25) is 0 Å². The van der Waals surface area contributed by atoms with Crippen LogP contribution in [-0.4, -0.2) is 23.9 Å². The van der Waals surface area contributed by atoms with Gasteiger partial charge >= 0.3 is 5.97 Å². The molecule has 0 radical (unpaired) electrons. The third kappa shape index (κ3) is 4.26. The van der Waals surface area contributed by atoms with Crippen LogP contribution < -0.4 is 4.74 Å². The summed E-state index contributed by atoms with van der Waals surface area (Å²) in [6.07, 6.45) is 1.18. The molecule has 0 saturated carbocycles. The molecule has 0 spiro atoms. The highest BCUT2D eigenvalue weighted by Crippen LogP contribution is 2.23. The van der Waals surface area contributed by atoms with E-state index < -0.39 is 5.97 Å². The van der Waals surface area contributed by atoms with E-state index in [2.05, 4.69) is 13.8 Å². The lowest BCUT2D eigenvalue weighted by molar-refractivity contribution is 0.0693. The van der Waals surface area contributed by atoms with Crippen molar-refractivity contribution in [3.05, 3.63) is 29.3 Å². The van der Waals surface area contributed by atoms with Crippen molar-refractivity contribution in [2.75, 3.05) is 12.9 Å². The van der Waals surface area contributed by atoms with E-state index in [9.17, 15) is 4.79 Å². The minimum Gasteiger partial charge on any atom is -0.496 e. The van der Waals surface area contributed by atoms with E-state index in [1.807, 2.05) is 17.8 Å². The minimum atomic E-state index is -0.944. The van der Waals surface area contributed by atoms with Crippen molar-refractivity contribution in [1.82, 2.24) is 0 Å². The van der Waals surface area contributed by atoms with Crippen molar-refractivity contribution in [3.8, 4) is 5.75 Å². The molecule has 0 saturated heterocycles. The van der Waals surface area contributed by atoms with E-state index in [0.29, 0.717) is 11.7 Å². The summed E-state index contributed by atoms with van der Waals surface area (Å²) < 4.78 is 5.03. The topological polar surface area (TPSA) is 46.5 Å². The number of hydrogen-bond donors (Lipinski definition) is 1. The summed E-state index contributed by atoms with van der Waals surface area (Å²) in [5.41, 5.74) is 1.26. The molecule has 1 rings (SSSR count). The summed E-state index contributed by atoms with van der Waals surface area (Å²) in [5.74, 6) is 2.12. The molecule has 18 heavy (non-hydrogen) atoms. The SMILES string of the molecule is CCC(C)CSCc1ccc(OC)c(C(=O)O)c1. The fourth-order valence-electron chi connectivity index (χ4n) is 1.51. The van der Waals surface area contributed by atoms with Crippen LogP contribution in [-0.2, 0) is 5.75 Å². The van der Waals surface area contributed by atoms with Gasteiger partial charge in [0.1, 0.15) is 11.3 Å². The summed E-state index contributed by atoms with van der Waals surface area (Å²) in [7, 11) is 1.49. The Morgan fingerprint density at radius 3 is 2.78 bits per heavy atom. The molecule has 0 aliphatic carbocycles. The van der Waals surface area contributed by atoms with Gasteiger partial charge in [0, 0.05) is 5.75 Å². The highest BCUT2D eigenvalue weighted by Gasteiger charge is 2.11. The van der Waals surface area contributed by atoms with Crippen molar-refractivity contribution in [2.24, 2.45) is 5.92 Å². The quantitative estimate of drug-likeness (QED) is 0.819. The number of carbonyl (C=O) groups is 1. The number of thioether (sulfide) groups is 1. The van der Waals surface area contributed by atoms with Crippen LogP contribution in [0.25, 0.3) is 0 Å². The van der Waals surface area contributed by atoms with Crippen LogP contribution in [0.5, 0.6) is 5.75 Å². The van der Waals surface area contributed by atoms with Gasteiger partial charge in [-0.25, -0.2) is 4.79 Å². The molecule has 0 bridgehead atoms. The van der Waals surface area contributed by atoms with Gasteiger partial charge in [-0.15, -0.1) is 0 Å². The Hall–Kier alpha value is -1.16. The zero-order valence-corrected chi connectivity index (χ0v) is 11.9. The van der Waals surface area contributed by atoms with Crippen molar-refractivity contribution >= 4 is 17.7 Å². The average molecular weight is 268 g/mol. The fourth-order valence-corrected chi connectivity index (χ4v) is 2.68. The Kier molecular flexibility index (Phi) is 6.05. The lowest BCUT2D eigenvalue weighted by Gasteiger charge is -2.09. The Labute approximate surface area is 113 Å². The fraction of sp³-hybridized carbons (Fsp3) is 0.500. The van der Waals surface area contributed by atoms with Gasteiger partial charge in [-0.3, -0.25) is 0 Å². The monoisotopic (exact) mass is 268 g/mol. The van der Waals surface area contributed by atoms with Crippen molar-refractivity contribution in [2.45, 2.75) is 26.0 Å². The maximum atomic E-state index is 11.1. The third-order valence-electron chi connectivity index (χ3n) is 2.86. The number of aromatic carboxylic acids is 1. The normalized spacial score (nSPS) is 12.2. The van der Waals surface area contributed by atoms with Crippen molar-refractivity contribution in [3.63, 3.8) is 0 Å². The van der Waals surface area contributed by atoms with E-state index in [1.54, 1.807) is 12.1 Å². The van der Waals surface area contributed by atoms with Crippen LogP contribution in [0.4, 0.5) is 0 Å². The smallest absolute Gasteiger partial charge is 0.339 e. The number of methoxy groups -OCH3 is 1. The van der Waals surface area contributed by atoms with E-state index in [0.717, 1.165) is 17.1 Å². The Morgan fingerprint density at radius 1 is 1.50 bits per heavy atom. The lowest BCUT2D eigenvalue weighted by Crippen LogP contribution is -2.02. The van der Waals surface area contributed by atoms with Crippen LogP contribution in [0, 0.1) is 5.92 Å². The van der Waals surface area contributed by atoms with Gasteiger partial charge in [-0.2, -0.15) is 11.8 Å². The predicted octanol–water partition coefficient (Wildman–Crippen LogP) is 3.67. The molecule has 1 N–H and O–H groups in total. The number of carboxylic acid groups (broad SMARTS) is 1. The molecule has 0 fully saturated rings. The first kappa shape index (κ1) is 14.9. The second-order valence-corrected chi connectivity index (χ2v) is 5.40. The first-order chi connectivity index (χ1) is 8.58. The third-order valence-corrected chi connectivity index (χ3v) is 4.20. The van der Waals surface area contributed by atoms with Gasteiger partial charge in [0.25, 0.3) is 0 Å². The first-order valence-electron chi connectivity index (χ1n) is 6.06. The van der Waals surface area contributed by atoms with E-state index >= 15 is 0 Å². The molecule has 3 nitrogen and oxygen atoms in total. The zero-order valence-electron chi connectivity index (χ0n) is 11.1. The van der Waals surface area contributed by atoms with Gasteiger partial charge in [0.05, 0.1) is 7.11 Å². The van der Waals surface area contributed by atoms with E-state index in [4.69, 9.17) is 9.84 Å². The highest BCUT2D eigenvalue weighted by molar-refractivity contribution is 7.98. The summed E-state index contributed by atoms with van der Waals surface area (Å²) in [5, 5.41) is 9.09.